The summed E-state index contributed by atoms with van der Waals surface area (Å²) in [5.74, 6) is 2.25. The molecule has 1 unspecified atom stereocenters. The summed E-state index contributed by atoms with van der Waals surface area (Å²) in [5, 5.41) is 4.02. The van der Waals surface area contributed by atoms with Crippen molar-refractivity contribution in [1.82, 2.24) is 9.88 Å². The van der Waals surface area contributed by atoms with Crippen molar-refractivity contribution < 1.29 is 0 Å². The number of nitrogens with zero attached hydrogens (tertiary/aromatic N) is 2. The average molecular weight is 251 g/mol. The highest BCUT2D eigenvalue weighted by Gasteiger charge is 2.16. The maximum absolute atomic E-state index is 4.30. The van der Waals surface area contributed by atoms with Crippen molar-refractivity contribution in [2.45, 2.75) is 25.6 Å². The van der Waals surface area contributed by atoms with Gasteiger partial charge in [0.15, 0.2) is 0 Å². The van der Waals surface area contributed by atoms with Crippen LogP contribution in [-0.2, 0) is 6.54 Å². The van der Waals surface area contributed by atoms with Gasteiger partial charge < -0.3 is 5.32 Å². The highest BCUT2D eigenvalue weighted by atomic mass is 32.2. The maximum Gasteiger partial charge on any atom is 0.126 e. The molecule has 0 spiro atoms. The molecule has 0 saturated carbocycles. The Labute approximate surface area is 108 Å². The molecule has 17 heavy (non-hydrogen) atoms. The highest BCUT2D eigenvalue weighted by molar-refractivity contribution is 7.99. The molecule has 0 amide bonds. The summed E-state index contributed by atoms with van der Waals surface area (Å²) < 4.78 is 0. The molecular weight excluding hydrogens is 230 g/mol. The summed E-state index contributed by atoms with van der Waals surface area (Å²) in [6.45, 7) is 8.78. The Morgan fingerprint density at radius 1 is 1.59 bits per heavy atom. The van der Waals surface area contributed by atoms with Crippen LogP contribution < -0.4 is 5.32 Å². The first-order valence-corrected chi connectivity index (χ1v) is 7.35. The van der Waals surface area contributed by atoms with E-state index in [1.165, 1.54) is 24.4 Å². The number of hydrogen-bond donors (Lipinski definition) is 1. The largest absolute Gasteiger partial charge is 0.370 e. The predicted octanol–water partition coefficient (Wildman–Crippen LogP) is 2.45. The molecule has 1 aromatic heterocycles. The van der Waals surface area contributed by atoms with E-state index in [4.69, 9.17) is 0 Å². The molecule has 0 aliphatic carbocycles. The van der Waals surface area contributed by atoms with Crippen molar-refractivity contribution in [1.29, 1.82) is 0 Å². The molecule has 1 fully saturated rings. The Morgan fingerprint density at radius 2 is 2.47 bits per heavy atom. The quantitative estimate of drug-likeness (QED) is 0.890. The number of hydrogen-bond acceptors (Lipinski definition) is 4. The molecule has 1 aromatic rings. The smallest absolute Gasteiger partial charge is 0.126 e. The van der Waals surface area contributed by atoms with Gasteiger partial charge in [-0.25, -0.2) is 4.98 Å². The molecule has 2 heterocycles. The molecule has 0 radical (unpaired) electrons. The first kappa shape index (κ1) is 12.7. The van der Waals surface area contributed by atoms with E-state index in [1.807, 2.05) is 6.20 Å². The van der Waals surface area contributed by atoms with Gasteiger partial charge in [-0.1, -0.05) is 6.92 Å². The molecule has 2 rings (SSSR count). The lowest BCUT2D eigenvalue weighted by Gasteiger charge is -2.30. The lowest BCUT2D eigenvalue weighted by atomic mass is 10.2. The van der Waals surface area contributed by atoms with Gasteiger partial charge in [-0.15, -0.1) is 0 Å². The molecule has 1 aliphatic rings. The number of rotatable bonds is 4. The SMILES string of the molecule is CCNc1cc(CN2CCSC(C)C2)ccn1. The van der Waals surface area contributed by atoms with Crippen LogP contribution in [-0.4, -0.2) is 40.5 Å². The van der Waals surface area contributed by atoms with Crippen molar-refractivity contribution in [3.05, 3.63) is 23.9 Å². The summed E-state index contributed by atoms with van der Waals surface area (Å²) in [6, 6.07) is 4.28. The second kappa shape index (κ2) is 6.26. The average Bonchev–Trinajstić information content (AvgIpc) is 2.30. The van der Waals surface area contributed by atoms with Crippen LogP contribution in [0.25, 0.3) is 0 Å². The Kier molecular flexibility index (Phi) is 4.68. The van der Waals surface area contributed by atoms with Gasteiger partial charge in [-0.3, -0.25) is 4.90 Å². The van der Waals surface area contributed by atoms with Crippen molar-refractivity contribution in [3.63, 3.8) is 0 Å². The first-order valence-electron chi connectivity index (χ1n) is 6.30. The summed E-state index contributed by atoms with van der Waals surface area (Å²) in [6.07, 6.45) is 1.90. The van der Waals surface area contributed by atoms with Crippen molar-refractivity contribution >= 4 is 17.6 Å². The van der Waals surface area contributed by atoms with Crippen LogP contribution in [0.3, 0.4) is 0 Å². The van der Waals surface area contributed by atoms with E-state index in [2.05, 4.69) is 52.9 Å². The molecule has 1 atom stereocenters. The molecule has 0 aromatic carbocycles. The lowest BCUT2D eigenvalue weighted by molar-refractivity contribution is 0.278. The molecular formula is C13H21N3S. The molecule has 1 aliphatic heterocycles. The number of nitrogens with one attached hydrogen (secondary N) is 1. The molecule has 3 nitrogen and oxygen atoms in total. The summed E-state index contributed by atoms with van der Waals surface area (Å²) >= 11 is 2.08. The summed E-state index contributed by atoms with van der Waals surface area (Å²) in [7, 11) is 0. The van der Waals surface area contributed by atoms with Crippen molar-refractivity contribution in [3.8, 4) is 0 Å². The summed E-state index contributed by atoms with van der Waals surface area (Å²) in [5.41, 5.74) is 1.36. The third kappa shape index (κ3) is 3.89. The summed E-state index contributed by atoms with van der Waals surface area (Å²) in [4.78, 5) is 6.84. The number of thioether (sulfide) groups is 1. The van der Waals surface area contributed by atoms with Gasteiger partial charge >= 0.3 is 0 Å². The third-order valence-electron chi connectivity index (χ3n) is 2.91. The van der Waals surface area contributed by atoms with Crippen LogP contribution in [0.1, 0.15) is 19.4 Å². The van der Waals surface area contributed by atoms with Gasteiger partial charge in [0.1, 0.15) is 5.82 Å². The van der Waals surface area contributed by atoms with Crippen LogP contribution in [0.2, 0.25) is 0 Å². The Hall–Kier alpha value is -0.740. The van der Waals surface area contributed by atoms with Gasteiger partial charge in [0, 0.05) is 43.4 Å². The van der Waals surface area contributed by atoms with E-state index in [0.717, 1.165) is 24.2 Å². The standard InChI is InChI=1S/C13H21N3S/c1-3-14-13-8-12(4-5-15-13)10-16-6-7-17-11(2)9-16/h4-5,8,11H,3,6-7,9-10H2,1-2H3,(H,14,15). The lowest BCUT2D eigenvalue weighted by Crippen LogP contribution is -2.36. The minimum atomic E-state index is 0.763. The molecule has 1 N–H and O–H groups in total. The van der Waals surface area contributed by atoms with E-state index in [0.29, 0.717) is 0 Å². The molecule has 1 saturated heterocycles. The monoisotopic (exact) mass is 251 g/mol. The van der Waals surface area contributed by atoms with Crippen LogP contribution >= 0.6 is 11.8 Å². The van der Waals surface area contributed by atoms with Gasteiger partial charge in [0.05, 0.1) is 0 Å². The minimum absolute atomic E-state index is 0.763. The van der Waals surface area contributed by atoms with E-state index < -0.39 is 0 Å². The van der Waals surface area contributed by atoms with E-state index in [-0.39, 0.29) is 0 Å². The van der Waals surface area contributed by atoms with Crippen LogP contribution in [0.5, 0.6) is 0 Å². The number of pyridine rings is 1. The van der Waals surface area contributed by atoms with Gasteiger partial charge in [0.2, 0.25) is 0 Å². The van der Waals surface area contributed by atoms with Gasteiger partial charge in [0.25, 0.3) is 0 Å². The normalized spacial score (nSPS) is 21.4. The second-order valence-corrected chi connectivity index (χ2v) is 6.04. The topological polar surface area (TPSA) is 28.2 Å². The predicted molar refractivity (Wildman–Crippen MR) is 75.6 cm³/mol. The van der Waals surface area contributed by atoms with E-state index in [1.54, 1.807) is 0 Å². The fourth-order valence-corrected chi connectivity index (χ4v) is 3.23. The zero-order chi connectivity index (χ0) is 12.1. The highest BCUT2D eigenvalue weighted by Crippen LogP contribution is 2.19. The minimum Gasteiger partial charge on any atom is -0.370 e. The zero-order valence-corrected chi connectivity index (χ0v) is 11.5. The maximum atomic E-state index is 4.30. The molecule has 4 heteroatoms. The fourth-order valence-electron chi connectivity index (χ4n) is 2.14. The van der Waals surface area contributed by atoms with Crippen LogP contribution in [0, 0.1) is 0 Å². The Morgan fingerprint density at radius 3 is 3.24 bits per heavy atom. The van der Waals surface area contributed by atoms with E-state index >= 15 is 0 Å². The fraction of sp³-hybridized carbons (Fsp3) is 0.615. The Bertz CT molecular complexity index is 356. The first-order chi connectivity index (χ1) is 8.28. The van der Waals surface area contributed by atoms with Crippen LogP contribution in [0.4, 0.5) is 5.82 Å². The molecule has 0 bridgehead atoms. The zero-order valence-electron chi connectivity index (χ0n) is 10.6. The van der Waals surface area contributed by atoms with E-state index in [9.17, 15) is 0 Å². The second-order valence-electron chi connectivity index (χ2n) is 4.50. The van der Waals surface area contributed by atoms with Crippen molar-refractivity contribution in [2.24, 2.45) is 0 Å². The Balaban J connectivity index is 1.95. The van der Waals surface area contributed by atoms with Crippen molar-refractivity contribution in [2.75, 3.05) is 30.7 Å². The third-order valence-corrected chi connectivity index (χ3v) is 4.05. The number of anilines is 1. The number of aromatic nitrogens is 1. The van der Waals surface area contributed by atoms with Crippen LogP contribution in [0.15, 0.2) is 18.3 Å². The molecule has 94 valence electrons. The van der Waals surface area contributed by atoms with Gasteiger partial charge in [-0.2, -0.15) is 11.8 Å². The van der Waals surface area contributed by atoms with Gasteiger partial charge in [-0.05, 0) is 24.6 Å².